The molecule has 1 unspecified atom stereocenters. The molecule has 0 radical (unpaired) electrons. The van der Waals surface area contributed by atoms with Gasteiger partial charge in [0.2, 0.25) is 0 Å². The molecule has 3 aromatic rings. The van der Waals surface area contributed by atoms with Crippen molar-refractivity contribution >= 4 is 29.1 Å². The minimum Gasteiger partial charge on any atom is -0.507 e. The molecule has 1 aliphatic heterocycles. The molecular formula is C25H22ClNO5. The summed E-state index contributed by atoms with van der Waals surface area (Å²) in [6.07, 6.45) is 2.34. The minimum atomic E-state index is -0.794. The van der Waals surface area contributed by atoms with Crippen LogP contribution in [0.5, 0.6) is 5.75 Å². The molecule has 4 rings (SSSR count). The molecule has 0 saturated carbocycles. The summed E-state index contributed by atoms with van der Waals surface area (Å²) in [6.45, 7) is 2.61. The van der Waals surface area contributed by atoms with E-state index in [0.717, 1.165) is 6.42 Å². The fraction of sp³-hybridized carbons (Fsp3) is 0.200. The molecule has 2 aromatic carbocycles. The summed E-state index contributed by atoms with van der Waals surface area (Å²) in [7, 11) is 0. The number of likely N-dealkylation sites (tertiary alicyclic amines) is 1. The highest BCUT2D eigenvalue weighted by Crippen LogP contribution is 2.40. The third-order valence-corrected chi connectivity index (χ3v) is 5.46. The fourth-order valence-electron chi connectivity index (χ4n) is 3.71. The number of furan rings is 1. The van der Waals surface area contributed by atoms with E-state index in [1.54, 1.807) is 60.7 Å². The second-order valence-corrected chi connectivity index (χ2v) is 7.87. The highest BCUT2D eigenvalue weighted by atomic mass is 35.5. The molecule has 6 nitrogen and oxygen atoms in total. The fourth-order valence-corrected chi connectivity index (χ4v) is 3.84. The summed E-state index contributed by atoms with van der Waals surface area (Å²) in [4.78, 5) is 27.4. The Morgan fingerprint density at radius 3 is 2.59 bits per heavy atom. The van der Waals surface area contributed by atoms with Crippen LogP contribution >= 0.6 is 11.6 Å². The maximum absolute atomic E-state index is 13.1. The summed E-state index contributed by atoms with van der Waals surface area (Å²) in [5, 5.41) is 11.7. The van der Waals surface area contributed by atoms with Crippen molar-refractivity contribution in [1.82, 2.24) is 4.90 Å². The topological polar surface area (TPSA) is 80.0 Å². The molecule has 1 aromatic heterocycles. The number of nitrogens with zero attached hydrogens (tertiary/aromatic N) is 1. The molecule has 1 fully saturated rings. The number of aliphatic hydroxyl groups excluding tert-OH is 1. The van der Waals surface area contributed by atoms with Gasteiger partial charge in [0, 0.05) is 10.6 Å². The Balaban J connectivity index is 1.81. The van der Waals surface area contributed by atoms with Gasteiger partial charge < -0.3 is 19.2 Å². The van der Waals surface area contributed by atoms with Crippen LogP contribution in [0.25, 0.3) is 5.76 Å². The number of benzene rings is 2. The van der Waals surface area contributed by atoms with Crippen LogP contribution in [0.2, 0.25) is 5.02 Å². The molecule has 7 heteroatoms. The molecule has 1 saturated heterocycles. The van der Waals surface area contributed by atoms with Gasteiger partial charge in [0.05, 0.1) is 31.0 Å². The monoisotopic (exact) mass is 451 g/mol. The van der Waals surface area contributed by atoms with E-state index in [-0.39, 0.29) is 17.9 Å². The average molecular weight is 452 g/mol. The Kier molecular flexibility index (Phi) is 6.32. The van der Waals surface area contributed by atoms with E-state index in [2.05, 4.69) is 0 Å². The number of hydrogen-bond donors (Lipinski definition) is 1. The third kappa shape index (κ3) is 4.27. The smallest absolute Gasteiger partial charge is 0.296 e. The van der Waals surface area contributed by atoms with Crippen molar-refractivity contribution in [1.29, 1.82) is 0 Å². The van der Waals surface area contributed by atoms with Gasteiger partial charge in [-0.05, 0) is 48.4 Å². The number of aliphatic hydroxyl groups is 1. The van der Waals surface area contributed by atoms with Crippen molar-refractivity contribution in [3.63, 3.8) is 0 Å². The lowest BCUT2D eigenvalue weighted by Gasteiger charge is -2.24. The van der Waals surface area contributed by atoms with Crippen LogP contribution in [0, 0.1) is 0 Å². The SMILES string of the molecule is CCCOc1cccc(C(O)=C2C(=O)C(=O)N(Cc3ccco3)C2c2ccc(Cl)cc2)c1. The number of ketones is 1. The van der Waals surface area contributed by atoms with E-state index in [1.807, 2.05) is 6.92 Å². The van der Waals surface area contributed by atoms with Gasteiger partial charge in [-0.25, -0.2) is 0 Å². The van der Waals surface area contributed by atoms with E-state index in [9.17, 15) is 14.7 Å². The molecule has 0 spiro atoms. The predicted octanol–water partition coefficient (Wildman–Crippen LogP) is 5.34. The van der Waals surface area contributed by atoms with Crippen molar-refractivity contribution < 1.29 is 23.8 Å². The van der Waals surface area contributed by atoms with Crippen LogP contribution in [0.4, 0.5) is 0 Å². The highest BCUT2D eigenvalue weighted by molar-refractivity contribution is 6.46. The molecule has 0 aliphatic carbocycles. The van der Waals surface area contributed by atoms with Gasteiger partial charge >= 0.3 is 0 Å². The number of carbonyl (C=O) groups is 2. The summed E-state index contributed by atoms with van der Waals surface area (Å²) in [5.41, 5.74) is 1.06. The van der Waals surface area contributed by atoms with Crippen molar-refractivity contribution in [3.05, 3.63) is 94.4 Å². The first-order valence-corrected chi connectivity index (χ1v) is 10.7. The second kappa shape index (κ2) is 9.32. The quantitative estimate of drug-likeness (QED) is 0.298. The average Bonchev–Trinajstić information content (AvgIpc) is 3.40. The number of hydrogen-bond acceptors (Lipinski definition) is 5. The van der Waals surface area contributed by atoms with E-state index in [0.29, 0.717) is 34.3 Å². The van der Waals surface area contributed by atoms with E-state index in [4.69, 9.17) is 20.8 Å². The number of carbonyl (C=O) groups excluding carboxylic acids is 2. The first-order chi connectivity index (χ1) is 15.5. The summed E-state index contributed by atoms with van der Waals surface area (Å²) >= 11 is 6.04. The Morgan fingerprint density at radius 2 is 1.91 bits per heavy atom. The van der Waals surface area contributed by atoms with Gasteiger partial charge in [-0.3, -0.25) is 9.59 Å². The van der Waals surface area contributed by atoms with E-state index >= 15 is 0 Å². The zero-order valence-electron chi connectivity index (χ0n) is 17.5. The predicted molar refractivity (Wildman–Crippen MR) is 120 cm³/mol. The summed E-state index contributed by atoms with van der Waals surface area (Å²) < 4.78 is 11.0. The zero-order chi connectivity index (χ0) is 22.7. The van der Waals surface area contributed by atoms with Crippen molar-refractivity contribution in [2.75, 3.05) is 6.61 Å². The van der Waals surface area contributed by atoms with Crippen LogP contribution in [0.3, 0.4) is 0 Å². The number of halogens is 1. The standard InChI is InChI=1S/C25H22ClNO5/c1-2-12-31-19-6-3-5-17(14-19)23(28)21-22(16-8-10-18(26)11-9-16)27(25(30)24(21)29)15-20-7-4-13-32-20/h3-11,13-14,22,28H,2,12,15H2,1H3. The van der Waals surface area contributed by atoms with Gasteiger partial charge in [-0.15, -0.1) is 0 Å². The van der Waals surface area contributed by atoms with Gasteiger partial charge in [0.1, 0.15) is 17.3 Å². The van der Waals surface area contributed by atoms with Crippen molar-refractivity contribution in [2.24, 2.45) is 0 Å². The molecule has 32 heavy (non-hydrogen) atoms. The molecule has 1 atom stereocenters. The lowest BCUT2D eigenvalue weighted by atomic mass is 9.95. The van der Waals surface area contributed by atoms with E-state index in [1.165, 1.54) is 11.2 Å². The van der Waals surface area contributed by atoms with Crippen LogP contribution in [0.15, 0.2) is 76.9 Å². The molecule has 164 valence electrons. The maximum Gasteiger partial charge on any atom is 0.296 e. The van der Waals surface area contributed by atoms with Crippen molar-refractivity contribution in [3.8, 4) is 5.75 Å². The first kappa shape index (κ1) is 21.7. The van der Waals surface area contributed by atoms with Gasteiger partial charge in [0.15, 0.2) is 0 Å². The minimum absolute atomic E-state index is 0.0107. The maximum atomic E-state index is 13.1. The Hall–Kier alpha value is -3.51. The molecular weight excluding hydrogens is 430 g/mol. The lowest BCUT2D eigenvalue weighted by Crippen LogP contribution is -2.29. The molecule has 1 aliphatic rings. The van der Waals surface area contributed by atoms with Gasteiger partial charge in [0.25, 0.3) is 11.7 Å². The van der Waals surface area contributed by atoms with Crippen LogP contribution in [-0.2, 0) is 16.1 Å². The van der Waals surface area contributed by atoms with Gasteiger partial charge in [-0.1, -0.05) is 42.8 Å². The Morgan fingerprint density at radius 1 is 1.12 bits per heavy atom. The molecule has 1 amide bonds. The molecule has 2 heterocycles. The first-order valence-electron chi connectivity index (χ1n) is 10.3. The number of Topliss-reactive ketones (excluding diaryl/α,β-unsaturated/α-hetero) is 1. The Bertz CT molecular complexity index is 1150. The number of ether oxygens (including phenoxy) is 1. The van der Waals surface area contributed by atoms with Crippen molar-refractivity contribution in [2.45, 2.75) is 25.9 Å². The summed E-state index contributed by atoms with van der Waals surface area (Å²) in [6, 6.07) is 16.3. The Labute approximate surface area is 190 Å². The third-order valence-electron chi connectivity index (χ3n) is 5.21. The normalized spacial score (nSPS) is 17.7. The van der Waals surface area contributed by atoms with Crippen LogP contribution in [-0.4, -0.2) is 28.3 Å². The van der Waals surface area contributed by atoms with Crippen LogP contribution < -0.4 is 4.74 Å². The highest BCUT2D eigenvalue weighted by Gasteiger charge is 2.46. The lowest BCUT2D eigenvalue weighted by molar-refractivity contribution is -0.140. The van der Waals surface area contributed by atoms with Crippen LogP contribution in [0.1, 0.15) is 36.3 Å². The number of rotatable bonds is 7. The summed E-state index contributed by atoms with van der Waals surface area (Å²) in [5.74, 6) is -0.619. The largest absolute Gasteiger partial charge is 0.507 e. The molecule has 1 N–H and O–H groups in total. The van der Waals surface area contributed by atoms with E-state index < -0.39 is 17.7 Å². The zero-order valence-corrected chi connectivity index (χ0v) is 18.2. The number of amides is 1. The molecule has 0 bridgehead atoms. The second-order valence-electron chi connectivity index (χ2n) is 7.43. The van der Waals surface area contributed by atoms with Gasteiger partial charge in [-0.2, -0.15) is 0 Å².